The Morgan fingerprint density at radius 3 is 2.93 bits per heavy atom. The van der Waals surface area contributed by atoms with E-state index >= 15 is 0 Å². The number of ether oxygens (including phenoxy) is 1. The van der Waals surface area contributed by atoms with Crippen LogP contribution >= 0.6 is 12.4 Å². The fraction of sp³-hybridized carbons (Fsp3) is 0.500. The van der Waals surface area contributed by atoms with E-state index in [-0.39, 0.29) is 25.6 Å². The summed E-state index contributed by atoms with van der Waals surface area (Å²) < 4.78 is 6.24. The first-order valence-electron chi connectivity index (χ1n) is 4.04. The molecule has 0 amide bonds. The van der Waals surface area contributed by atoms with E-state index in [1.165, 1.54) is 6.33 Å². The van der Waals surface area contributed by atoms with E-state index in [2.05, 4.69) is 9.72 Å². The Hall–Kier alpha value is -1.07. The third-order valence-electron chi connectivity index (χ3n) is 1.50. The molecule has 1 atom stereocenters. The second kappa shape index (κ2) is 6.39. The van der Waals surface area contributed by atoms with E-state index < -0.39 is 12.1 Å². The Morgan fingerprint density at radius 2 is 2.43 bits per heavy atom. The zero-order valence-electron chi connectivity index (χ0n) is 7.79. The Bertz CT molecular complexity index is 264. The molecular weight excluding hydrogens is 208 g/mol. The van der Waals surface area contributed by atoms with Gasteiger partial charge in [0.25, 0.3) is 0 Å². The van der Waals surface area contributed by atoms with Crippen molar-refractivity contribution in [2.24, 2.45) is 0 Å². The lowest BCUT2D eigenvalue weighted by Crippen LogP contribution is -2.27. The van der Waals surface area contributed by atoms with Gasteiger partial charge in [0.2, 0.25) is 0 Å². The summed E-state index contributed by atoms with van der Waals surface area (Å²) in [6.07, 6.45) is 3.66. The van der Waals surface area contributed by atoms with Gasteiger partial charge in [-0.05, 0) is 6.92 Å². The average molecular weight is 221 g/mol. The van der Waals surface area contributed by atoms with E-state index in [9.17, 15) is 9.90 Å². The molecule has 0 radical (unpaired) electrons. The normalized spacial score (nSPS) is 11.6. The molecule has 1 N–H and O–H groups in total. The Kier molecular flexibility index (Phi) is 5.91. The number of carbonyl (C=O) groups is 1. The summed E-state index contributed by atoms with van der Waals surface area (Å²) in [6.45, 7) is 2.15. The molecule has 0 bridgehead atoms. The van der Waals surface area contributed by atoms with Gasteiger partial charge in [-0.25, -0.2) is 9.78 Å². The fourth-order valence-electron chi connectivity index (χ4n) is 0.907. The van der Waals surface area contributed by atoms with Crippen molar-refractivity contribution < 1.29 is 14.6 Å². The molecule has 0 saturated carbocycles. The van der Waals surface area contributed by atoms with Crippen LogP contribution in [0.4, 0.5) is 0 Å². The fourth-order valence-corrected chi connectivity index (χ4v) is 0.907. The minimum Gasteiger partial charge on any atom is -0.464 e. The molecule has 1 aromatic rings. The van der Waals surface area contributed by atoms with Gasteiger partial charge in [0.1, 0.15) is 0 Å². The minimum absolute atomic E-state index is 0. The molecule has 0 saturated heterocycles. The van der Waals surface area contributed by atoms with Gasteiger partial charge in [0.15, 0.2) is 6.10 Å². The number of hydrogen-bond donors (Lipinski definition) is 1. The average Bonchev–Trinajstić information content (AvgIpc) is 2.57. The second-order valence-corrected chi connectivity index (χ2v) is 2.53. The number of rotatable bonds is 4. The lowest BCUT2D eigenvalue weighted by molar-refractivity contribution is -0.153. The van der Waals surface area contributed by atoms with Gasteiger partial charge in [-0.15, -0.1) is 12.4 Å². The number of halogens is 1. The molecule has 0 aromatic carbocycles. The zero-order valence-corrected chi connectivity index (χ0v) is 8.61. The first kappa shape index (κ1) is 12.9. The van der Waals surface area contributed by atoms with Crippen LogP contribution in [0.2, 0.25) is 0 Å². The number of aliphatic hydroxyl groups excluding tert-OH is 1. The standard InChI is InChI=1S/C8H12N2O3.ClH/c1-2-13-8(12)7(11)5-10-4-3-9-6-10;/h3-4,6-7,11H,2,5H2,1H3;1H/t7-;/m1./s1. The summed E-state index contributed by atoms with van der Waals surface area (Å²) in [5, 5.41) is 9.30. The maximum Gasteiger partial charge on any atom is 0.336 e. The maximum absolute atomic E-state index is 11.0. The zero-order chi connectivity index (χ0) is 9.68. The predicted octanol–water partition coefficient (Wildman–Crippen LogP) is 0.229. The van der Waals surface area contributed by atoms with Gasteiger partial charge in [-0.3, -0.25) is 0 Å². The van der Waals surface area contributed by atoms with Gasteiger partial charge >= 0.3 is 5.97 Å². The van der Waals surface area contributed by atoms with Crippen LogP contribution in [-0.4, -0.2) is 33.3 Å². The molecule has 1 rings (SSSR count). The third kappa shape index (κ3) is 3.76. The van der Waals surface area contributed by atoms with Crippen LogP contribution in [0.15, 0.2) is 18.7 Å². The van der Waals surface area contributed by atoms with Crippen molar-refractivity contribution in [1.82, 2.24) is 9.55 Å². The van der Waals surface area contributed by atoms with Crippen LogP contribution in [0.25, 0.3) is 0 Å². The van der Waals surface area contributed by atoms with Crippen LogP contribution in [0.1, 0.15) is 6.92 Å². The summed E-state index contributed by atoms with van der Waals surface area (Å²) in [4.78, 5) is 14.7. The molecule has 0 unspecified atom stereocenters. The van der Waals surface area contributed by atoms with Crippen molar-refractivity contribution in [2.75, 3.05) is 6.61 Å². The van der Waals surface area contributed by atoms with E-state index in [0.29, 0.717) is 0 Å². The highest BCUT2D eigenvalue weighted by Gasteiger charge is 2.15. The van der Waals surface area contributed by atoms with E-state index in [4.69, 9.17) is 0 Å². The summed E-state index contributed by atoms with van der Waals surface area (Å²) in [5.41, 5.74) is 0. The number of esters is 1. The van der Waals surface area contributed by atoms with Crippen molar-refractivity contribution in [3.63, 3.8) is 0 Å². The summed E-state index contributed by atoms with van der Waals surface area (Å²) >= 11 is 0. The van der Waals surface area contributed by atoms with Crippen LogP contribution in [0.5, 0.6) is 0 Å². The minimum atomic E-state index is -1.12. The van der Waals surface area contributed by atoms with Gasteiger partial charge in [0, 0.05) is 12.4 Å². The summed E-state index contributed by atoms with van der Waals surface area (Å²) in [7, 11) is 0. The van der Waals surface area contributed by atoms with Crippen LogP contribution in [-0.2, 0) is 16.1 Å². The SMILES string of the molecule is CCOC(=O)[C@H](O)Cn1ccnc1.Cl. The molecule has 0 aliphatic rings. The third-order valence-corrected chi connectivity index (χ3v) is 1.50. The topological polar surface area (TPSA) is 64.3 Å². The van der Waals surface area contributed by atoms with Crippen molar-refractivity contribution in [3.8, 4) is 0 Å². The molecule has 1 heterocycles. The molecule has 80 valence electrons. The lowest BCUT2D eigenvalue weighted by Gasteiger charge is -2.09. The summed E-state index contributed by atoms with van der Waals surface area (Å²) in [5.74, 6) is -0.601. The molecule has 0 spiro atoms. The highest BCUT2D eigenvalue weighted by molar-refractivity contribution is 5.85. The number of carbonyl (C=O) groups excluding carboxylic acids is 1. The van der Waals surface area contributed by atoms with Crippen molar-refractivity contribution in [1.29, 1.82) is 0 Å². The molecule has 6 heteroatoms. The largest absolute Gasteiger partial charge is 0.464 e. The Morgan fingerprint density at radius 1 is 1.71 bits per heavy atom. The molecule has 14 heavy (non-hydrogen) atoms. The first-order chi connectivity index (χ1) is 6.24. The van der Waals surface area contributed by atoms with E-state index in [1.54, 1.807) is 23.9 Å². The van der Waals surface area contributed by atoms with Crippen LogP contribution < -0.4 is 0 Å². The second-order valence-electron chi connectivity index (χ2n) is 2.53. The number of aromatic nitrogens is 2. The van der Waals surface area contributed by atoms with E-state index in [0.717, 1.165) is 0 Å². The monoisotopic (exact) mass is 220 g/mol. The number of hydrogen-bond acceptors (Lipinski definition) is 4. The molecule has 1 aromatic heterocycles. The van der Waals surface area contributed by atoms with Gasteiger partial charge in [-0.1, -0.05) is 0 Å². The van der Waals surface area contributed by atoms with Crippen molar-refractivity contribution in [3.05, 3.63) is 18.7 Å². The highest BCUT2D eigenvalue weighted by atomic mass is 35.5. The van der Waals surface area contributed by atoms with Crippen molar-refractivity contribution >= 4 is 18.4 Å². The Balaban J connectivity index is 0.00000169. The highest BCUT2D eigenvalue weighted by Crippen LogP contribution is 1.94. The molecule has 0 fully saturated rings. The molecular formula is C8H13ClN2O3. The quantitative estimate of drug-likeness (QED) is 0.738. The summed E-state index contributed by atoms with van der Waals surface area (Å²) in [6, 6.07) is 0. The molecule has 0 aliphatic carbocycles. The molecule has 5 nitrogen and oxygen atoms in total. The first-order valence-corrected chi connectivity index (χ1v) is 4.04. The lowest BCUT2D eigenvalue weighted by atomic mass is 10.3. The van der Waals surface area contributed by atoms with Crippen molar-refractivity contribution in [2.45, 2.75) is 19.6 Å². The van der Waals surface area contributed by atoms with E-state index in [1.807, 2.05) is 0 Å². The smallest absolute Gasteiger partial charge is 0.336 e. The number of aliphatic hydroxyl groups is 1. The van der Waals surface area contributed by atoms with Crippen LogP contribution in [0, 0.1) is 0 Å². The molecule has 0 aliphatic heterocycles. The van der Waals surface area contributed by atoms with Gasteiger partial charge < -0.3 is 14.4 Å². The van der Waals surface area contributed by atoms with Crippen LogP contribution in [0.3, 0.4) is 0 Å². The maximum atomic E-state index is 11.0. The number of nitrogens with zero attached hydrogens (tertiary/aromatic N) is 2. The predicted molar refractivity (Wildman–Crippen MR) is 52.1 cm³/mol. The van der Waals surface area contributed by atoms with Gasteiger partial charge in [0.05, 0.1) is 19.5 Å². The number of imidazole rings is 1. The van der Waals surface area contributed by atoms with Gasteiger partial charge in [-0.2, -0.15) is 0 Å². The Labute approximate surface area is 88.1 Å².